The van der Waals surface area contributed by atoms with E-state index >= 15 is 0 Å². The molecule has 1 fully saturated rings. The van der Waals surface area contributed by atoms with E-state index in [0.717, 1.165) is 29.0 Å². The third-order valence-electron chi connectivity index (χ3n) is 3.93. The van der Waals surface area contributed by atoms with E-state index in [1.165, 1.54) is 17.4 Å². The van der Waals surface area contributed by atoms with E-state index in [-0.39, 0.29) is 5.91 Å². The monoisotopic (exact) mass is 396 g/mol. The van der Waals surface area contributed by atoms with Crippen LogP contribution in [-0.4, -0.2) is 31.7 Å². The summed E-state index contributed by atoms with van der Waals surface area (Å²) in [5, 5.41) is 4.74. The van der Waals surface area contributed by atoms with Crippen molar-refractivity contribution in [2.45, 2.75) is 30.0 Å². The van der Waals surface area contributed by atoms with Gasteiger partial charge in [0.1, 0.15) is 4.21 Å². The molecule has 2 aromatic rings. The molecule has 0 unspecified atom stereocenters. The highest BCUT2D eigenvalue weighted by atomic mass is 32.2. The van der Waals surface area contributed by atoms with Crippen LogP contribution in [-0.2, 0) is 21.4 Å². The van der Waals surface area contributed by atoms with E-state index < -0.39 is 10.0 Å². The van der Waals surface area contributed by atoms with Crippen molar-refractivity contribution in [3.05, 3.63) is 45.5 Å². The van der Waals surface area contributed by atoms with Crippen molar-refractivity contribution in [2.75, 3.05) is 13.1 Å². The molecule has 0 atom stereocenters. The maximum Gasteiger partial charge on any atom is 0.252 e. The Morgan fingerprint density at radius 2 is 2.00 bits per heavy atom. The van der Waals surface area contributed by atoms with Crippen LogP contribution in [0.25, 0.3) is 6.08 Å². The Kier molecular flexibility index (Phi) is 6.06. The molecule has 3 heterocycles. The molecule has 1 aliphatic heterocycles. The Morgan fingerprint density at radius 3 is 2.72 bits per heavy atom. The normalized spacial score (nSPS) is 16.3. The minimum absolute atomic E-state index is 0.192. The molecule has 1 amide bonds. The SMILES string of the molecule is O=C(/C=C/c1cccs1)NCc1ccc(S(=O)(=O)N2CCCCC2)s1. The number of rotatable bonds is 6. The maximum absolute atomic E-state index is 12.6. The predicted molar refractivity (Wildman–Crippen MR) is 102 cm³/mol. The second kappa shape index (κ2) is 8.27. The predicted octanol–water partition coefficient (Wildman–Crippen LogP) is 3.31. The van der Waals surface area contributed by atoms with Crippen molar-refractivity contribution in [1.29, 1.82) is 0 Å². The first-order chi connectivity index (χ1) is 12.1. The van der Waals surface area contributed by atoms with Crippen molar-refractivity contribution in [2.24, 2.45) is 0 Å². The maximum atomic E-state index is 12.6. The molecule has 0 spiro atoms. The molecule has 1 aliphatic rings. The zero-order valence-electron chi connectivity index (χ0n) is 13.7. The third-order valence-corrected chi connectivity index (χ3v) is 8.21. The number of sulfonamides is 1. The Balaban J connectivity index is 1.57. The summed E-state index contributed by atoms with van der Waals surface area (Å²) in [5.41, 5.74) is 0. The van der Waals surface area contributed by atoms with Gasteiger partial charge >= 0.3 is 0 Å². The van der Waals surface area contributed by atoms with Crippen molar-refractivity contribution < 1.29 is 13.2 Å². The molecule has 2 aromatic heterocycles. The van der Waals surface area contributed by atoms with Gasteiger partial charge in [-0.15, -0.1) is 22.7 Å². The molecular formula is C17H20N2O3S3. The van der Waals surface area contributed by atoms with Gasteiger partial charge in [0.05, 0.1) is 6.54 Å². The minimum Gasteiger partial charge on any atom is -0.348 e. The van der Waals surface area contributed by atoms with Crippen molar-refractivity contribution in [3.8, 4) is 0 Å². The minimum atomic E-state index is -3.39. The summed E-state index contributed by atoms with van der Waals surface area (Å²) in [5.74, 6) is -0.192. The summed E-state index contributed by atoms with van der Waals surface area (Å²) >= 11 is 2.79. The number of hydrogen-bond acceptors (Lipinski definition) is 5. The molecule has 134 valence electrons. The van der Waals surface area contributed by atoms with Gasteiger partial charge in [-0.05, 0) is 42.5 Å². The Labute approximate surface area is 156 Å². The summed E-state index contributed by atoms with van der Waals surface area (Å²) in [7, 11) is -3.39. The van der Waals surface area contributed by atoms with Gasteiger partial charge in [-0.1, -0.05) is 12.5 Å². The molecule has 0 aliphatic carbocycles. The van der Waals surface area contributed by atoms with E-state index in [0.29, 0.717) is 23.8 Å². The summed E-state index contributed by atoms with van der Waals surface area (Å²) in [6.07, 6.45) is 6.19. The summed E-state index contributed by atoms with van der Waals surface area (Å²) in [6, 6.07) is 7.27. The molecule has 0 radical (unpaired) electrons. The molecule has 0 bridgehead atoms. The summed E-state index contributed by atoms with van der Waals surface area (Å²) in [4.78, 5) is 13.7. The fourth-order valence-corrected chi connectivity index (χ4v) is 6.19. The van der Waals surface area contributed by atoms with Crippen LogP contribution in [0.4, 0.5) is 0 Å². The first kappa shape index (κ1) is 18.3. The highest BCUT2D eigenvalue weighted by Crippen LogP contribution is 2.27. The summed E-state index contributed by atoms with van der Waals surface area (Å²) < 4.78 is 27.1. The van der Waals surface area contributed by atoms with E-state index in [4.69, 9.17) is 0 Å². The van der Waals surface area contributed by atoms with E-state index in [1.54, 1.807) is 33.9 Å². The number of carbonyl (C=O) groups excluding carboxylic acids is 1. The van der Waals surface area contributed by atoms with Crippen molar-refractivity contribution >= 4 is 44.7 Å². The zero-order chi connectivity index (χ0) is 17.7. The van der Waals surface area contributed by atoms with Crippen LogP contribution >= 0.6 is 22.7 Å². The van der Waals surface area contributed by atoms with Crippen LogP contribution < -0.4 is 5.32 Å². The van der Waals surface area contributed by atoms with Gasteiger partial charge in [0, 0.05) is 28.9 Å². The highest BCUT2D eigenvalue weighted by Gasteiger charge is 2.27. The smallest absolute Gasteiger partial charge is 0.252 e. The van der Waals surface area contributed by atoms with Crippen LogP contribution in [0, 0.1) is 0 Å². The van der Waals surface area contributed by atoms with Crippen LogP contribution in [0.15, 0.2) is 39.9 Å². The Morgan fingerprint density at radius 1 is 1.20 bits per heavy atom. The number of carbonyl (C=O) groups is 1. The lowest BCUT2D eigenvalue weighted by molar-refractivity contribution is -0.116. The molecule has 1 N–H and O–H groups in total. The lowest BCUT2D eigenvalue weighted by Gasteiger charge is -2.25. The van der Waals surface area contributed by atoms with Gasteiger partial charge in [-0.2, -0.15) is 4.31 Å². The molecule has 0 saturated carbocycles. The van der Waals surface area contributed by atoms with Crippen LogP contribution in [0.3, 0.4) is 0 Å². The van der Waals surface area contributed by atoms with E-state index in [1.807, 2.05) is 17.5 Å². The fourth-order valence-electron chi connectivity index (χ4n) is 2.60. The van der Waals surface area contributed by atoms with Gasteiger partial charge in [-0.3, -0.25) is 4.79 Å². The van der Waals surface area contributed by atoms with Crippen LogP contribution in [0.1, 0.15) is 29.0 Å². The number of piperidine rings is 1. The van der Waals surface area contributed by atoms with Gasteiger partial charge in [0.2, 0.25) is 5.91 Å². The van der Waals surface area contributed by atoms with Crippen molar-refractivity contribution in [1.82, 2.24) is 9.62 Å². The first-order valence-electron chi connectivity index (χ1n) is 8.14. The van der Waals surface area contributed by atoms with Crippen LogP contribution in [0.2, 0.25) is 0 Å². The standard InChI is InChI=1S/C17H20N2O3S3/c20-16(8-6-14-5-4-12-23-14)18-13-15-7-9-17(24-15)25(21,22)19-10-2-1-3-11-19/h4-9,12H,1-3,10-11,13H2,(H,18,20)/b8-6+. The van der Waals surface area contributed by atoms with E-state index in [2.05, 4.69) is 5.32 Å². The average molecular weight is 397 g/mol. The number of nitrogens with zero attached hydrogens (tertiary/aromatic N) is 1. The average Bonchev–Trinajstić information content (AvgIpc) is 3.31. The quantitative estimate of drug-likeness (QED) is 0.762. The lowest BCUT2D eigenvalue weighted by Crippen LogP contribution is -2.35. The third kappa shape index (κ3) is 4.78. The van der Waals surface area contributed by atoms with Gasteiger partial charge < -0.3 is 5.32 Å². The Bertz CT molecular complexity index is 832. The molecule has 25 heavy (non-hydrogen) atoms. The lowest BCUT2D eigenvalue weighted by atomic mass is 10.2. The second-order valence-corrected chi connectivity index (χ2v) is 10.1. The largest absolute Gasteiger partial charge is 0.348 e. The number of nitrogens with one attached hydrogen (secondary N) is 1. The van der Waals surface area contributed by atoms with Crippen molar-refractivity contribution in [3.63, 3.8) is 0 Å². The van der Waals surface area contributed by atoms with Gasteiger partial charge in [-0.25, -0.2) is 8.42 Å². The first-order valence-corrected chi connectivity index (χ1v) is 11.3. The molecule has 3 rings (SSSR count). The molecule has 1 saturated heterocycles. The summed E-state index contributed by atoms with van der Waals surface area (Å²) in [6.45, 7) is 1.52. The van der Waals surface area contributed by atoms with Gasteiger partial charge in [0.15, 0.2) is 0 Å². The number of amides is 1. The van der Waals surface area contributed by atoms with Gasteiger partial charge in [0.25, 0.3) is 10.0 Å². The number of hydrogen-bond donors (Lipinski definition) is 1. The molecule has 0 aromatic carbocycles. The molecule has 8 heteroatoms. The molecule has 5 nitrogen and oxygen atoms in total. The topological polar surface area (TPSA) is 66.5 Å². The number of thiophene rings is 2. The fraction of sp³-hybridized carbons (Fsp3) is 0.353. The van der Waals surface area contributed by atoms with E-state index in [9.17, 15) is 13.2 Å². The highest BCUT2D eigenvalue weighted by molar-refractivity contribution is 7.91. The molecular weight excluding hydrogens is 376 g/mol. The second-order valence-electron chi connectivity index (χ2n) is 5.75. The zero-order valence-corrected chi connectivity index (χ0v) is 16.1. The van der Waals surface area contributed by atoms with Crippen LogP contribution in [0.5, 0.6) is 0 Å². The Hall–Kier alpha value is -1.48.